The summed E-state index contributed by atoms with van der Waals surface area (Å²) in [6.07, 6.45) is 6.12. The van der Waals surface area contributed by atoms with Crippen molar-refractivity contribution in [3.05, 3.63) is 41.5 Å². The van der Waals surface area contributed by atoms with Gasteiger partial charge in [0.1, 0.15) is 11.6 Å². The number of imidazole rings is 1. The van der Waals surface area contributed by atoms with Crippen LogP contribution in [0.5, 0.6) is 5.75 Å². The van der Waals surface area contributed by atoms with Crippen LogP contribution in [0, 0.1) is 5.41 Å². The van der Waals surface area contributed by atoms with Crippen molar-refractivity contribution in [3.63, 3.8) is 0 Å². The molecule has 1 aliphatic heterocycles. The van der Waals surface area contributed by atoms with Crippen molar-refractivity contribution in [1.82, 2.24) is 9.55 Å². The van der Waals surface area contributed by atoms with Gasteiger partial charge in [-0.1, -0.05) is 39.3 Å². The minimum absolute atomic E-state index is 0.280. The molecule has 0 unspecified atom stereocenters. The molecule has 2 heterocycles. The molecular formula is C25H39BN2O3. The van der Waals surface area contributed by atoms with Crippen LogP contribution < -0.4 is 10.2 Å². The number of hydrogen-bond donors (Lipinski definition) is 0. The molecule has 1 aliphatic rings. The molecule has 1 saturated heterocycles. The number of ether oxygens (including phenoxy) is 1. The highest BCUT2D eigenvalue weighted by Crippen LogP contribution is 2.37. The van der Waals surface area contributed by atoms with Gasteiger partial charge in [-0.25, -0.2) is 4.98 Å². The van der Waals surface area contributed by atoms with E-state index in [4.69, 9.17) is 19.0 Å². The molecule has 0 N–H and O–H groups in total. The molecule has 2 aromatic rings. The molecule has 0 bridgehead atoms. The highest BCUT2D eigenvalue weighted by molar-refractivity contribution is 6.63. The van der Waals surface area contributed by atoms with Crippen LogP contribution in [0.25, 0.3) is 0 Å². The fourth-order valence-electron chi connectivity index (χ4n) is 3.84. The van der Waals surface area contributed by atoms with E-state index in [0.717, 1.165) is 42.7 Å². The smallest absolute Gasteiger partial charge is 0.497 e. The maximum Gasteiger partial charge on any atom is 0.498 e. The Morgan fingerprint density at radius 3 is 2.32 bits per heavy atom. The van der Waals surface area contributed by atoms with Gasteiger partial charge < -0.3 is 18.6 Å². The number of methoxy groups -OCH3 is 1. The van der Waals surface area contributed by atoms with Crippen molar-refractivity contribution >= 4 is 12.6 Å². The van der Waals surface area contributed by atoms with E-state index in [2.05, 4.69) is 84.5 Å². The number of benzene rings is 1. The van der Waals surface area contributed by atoms with Crippen LogP contribution in [0.15, 0.2) is 24.4 Å². The van der Waals surface area contributed by atoms with Crippen molar-refractivity contribution < 1.29 is 14.0 Å². The van der Waals surface area contributed by atoms with E-state index in [-0.39, 0.29) is 16.6 Å². The summed E-state index contributed by atoms with van der Waals surface area (Å²) in [6.45, 7) is 15.1. The molecule has 0 saturated carbocycles. The van der Waals surface area contributed by atoms with Gasteiger partial charge in [-0.3, -0.25) is 0 Å². The van der Waals surface area contributed by atoms with Gasteiger partial charge in [0, 0.05) is 25.1 Å². The molecule has 0 spiro atoms. The molecule has 31 heavy (non-hydrogen) atoms. The Morgan fingerprint density at radius 2 is 1.74 bits per heavy atom. The number of nitrogens with zero attached hydrogens (tertiary/aromatic N) is 2. The molecule has 3 rings (SSSR count). The lowest BCUT2D eigenvalue weighted by Gasteiger charge is -2.32. The molecule has 5 nitrogen and oxygen atoms in total. The van der Waals surface area contributed by atoms with E-state index >= 15 is 0 Å². The predicted molar refractivity (Wildman–Crippen MR) is 127 cm³/mol. The molecular weight excluding hydrogens is 387 g/mol. The van der Waals surface area contributed by atoms with E-state index in [1.165, 1.54) is 11.3 Å². The van der Waals surface area contributed by atoms with E-state index in [1.807, 2.05) is 0 Å². The Hall–Kier alpha value is -1.79. The van der Waals surface area contributed by atoms with Crippen molar-refractivity contribution in [3.8, 4) is 5.75 Å². The first-order chi connectivity index (χ1) is 14.4. The Morgan fingerprint density at radius 1 is 1.10 bits per heavy atom. The number of aromatic nitrogens is 2. The first kappa shape index (κ1) is 23.9. The summed E-state index contributed by atoms with van der Waals surface area (Å²) in [6, 6.07) is 6.32. The fourth-order valence-corrected chi connectivity index (χ4v) is 3.84. The molecule has 1 fully saturated rings. The zero-order chi connectivity index (χ0) is 23.0. The van der Waals surface area contributed by atoms with Crippen LogP contribution in [0.3, 0.4) is 0 Å². The Labute approximate surface area is 188 Å². The van der Waals surface area contributed by atoms with E-state index in [9.17, 15) is 0 Å². The van der Waals surface area contributed by atoms with Crippen molar-refractivity contribution in [2.75, 3.05) is 7.11 Å². The molecule has 170 valence electrons. The van der Waals surface area contributed by atoms with Crippen LogP contribution in [0.1, 0.15) is 72.0 Å². The predicted octanol–water partition coefficient (Wildman–Crippen LogP) is 4.49. The normalized spacial score (nSPS) is 17.9. The maximum absolute atomic E-state index is 6.21. The van der Waals surface area contributed by atoms with Crippen LogP contribution >= 0.6 is 0 Å². The zero-order valence-electron chi connectivity index (χ0n) is 20.8. The summed E-state index contributed by atoms with van der Waals surface area (Å²) in [5, 5.41) is 0. The Bertz CT molecular complexity index is 901. The molecule has 0 atom stereocenters. The quantitative estimate of drug-likeness (QED) is 0.584. The highest BCUT2D eigenvalue weighted by Gasteiger charge is 2.52. The SMILES string of the molecule is CCC(C)(C)Cc1cn(C)c(CCc2ccc(B3OC(C)(C)C(C)(C)O3)c(OC)c2)n1. The van der Waals surface area contributed by atoms with Gasteiger partial charge in [0.05, 0.1) is 24.0 Å². The average molecular weight is 426 g/mol. The van der Waals surface area contributed by atoms with E-state index in [0.29, 0.717) is 0 Å². The van der Waals surface area contributed by atoms with E-state index < -0.39 is 7.12 Å². The van der Waals surface area contributed by atoms with Gasteiger partial charge in [0.25, 0.3) is 0 Å². The minimum atomic E-state index is -0.423. The summed E-state index contributed by atoms with van der Waals surface area (Å²) >= 11 is 0. The van der Waals surface area contributed by atoms with Gasteiger partial charge in [-0.2, -0.15) is 0 Å². The summed E-state index contributed by atoms with van der Waals surface area (Å²) < 4.78 is 20.3. The molecule has 0 radical (unpaired) electrons. The third-order valence-corrected chi connectivity index (χ3v) is 7.08. The second-order valence-corrected chi connectivity index (χ2v) is 10.6. The van der Waals surface area contributed by atoms with Crippen molar-refractivity contribution in [2.45, 2.75) is 85.4 Å². The zero-order valence-corrected chi connectivity index (χ0v) is 20.8. The third kappa shape index (κ3) is 5.17. The lowest BCUT2D eigenvalue weighted by Crippen LogP contribution is -2.41. The summed E-state index contributed by atoms with van der Waals surface area (Å²) in [5.74, 6) is 1.93. The van der Waals surface area contributed by atoms with Crippen LogP contribution in [0.2, 0.25) is 0 Å². The number of hydrogen-bond acceptors (Lipinski definition) is 4. The lowest BCUT2D eigenvalue weighted by atomic mass is 9.77. The summed E-state index contributed by atoms with van der Waals surface area (Å²) in [5.41, 5.74) is 2.87. The van der Waals surface area contributed by atoms with Crippen LogP contribution in [-0.2, 0) is 35.6 Å². The highest BCUT2D eigenvalue weighted by atomic mass is 16.7. The first-order valence-corrected chi connectivity index (χ1v) is 11.4. The standard InChI is InChI=1S/C25H39BN2O3/c1-10-23(2,3)16-19-17-28(8)22(27-19)14-12-18-11-13-20(21(15-18)29-9)26-30-24(4,5)25(6,7)31-26/h11,13,15,17H,10,12,14,16H2,1-9H3. The van der Waals surface area contributed by atoms with Gasteiger partial charge in [-0.05, 0) is 57.6 Å². The molecule has 6 heteroatoms. The maximum atomic E-state index is 6.21. The van der Waals surface area contributed by atoms with Crippen molar-refractivity contribution in [2.24, 2.45) is 12.5 Å². The molecule has 1 aromatic heterocycles. The molecule has 0 aliphatic carbocycles. The Balaban J connectivity index is 1.71. The summed E-state index contributed by atoms with van der Waals surface area (Å²) in [4.78, 5) is 4.90. The van der Waals surface area contributed by atoms with E-state index in [1.54, 1.807) is 7.11 Å². The largest absolute Gasteiger partial charge is 0.498 e. The van der Waals surface area contributed by atoms with Gasteiger partial charge in [0.15, 0.2) is 0 Å². The van der Waals surface area contributed by atoms with Gasteiger partial charge in [-0.15, -0.1) is 0 Å². The minimum Gasteiger partial charge on any atom is -0.497 e. The Kier molecular flexibility index (Phi) is 6.64. The first-order valence-electron chi connectivity index (χ1n) is 11.4. The second-order valence-electron chi connectivity index (χ2n) is 10.6. The average Bonchev–Trinajstić information content (AvgIpc) is 3.13. The lowest BCUT2D eigenvalue weighted by molar-refractivity contribution is 0.00578. The van der Waals surface area contributed by atoms with Gasteiger partial charge in [0.2, 0.25) is 0 Å². The van der Waals surface area contributed by atoms with Crippen molar-refractivity contribution in [1.29, 1.82) is 0 Å². The fraction of sp³-hybridized carbons (Fsp3) is 0.640. The van der Waals surface area contributed by atoms with Gasteiger partial charge >= 0.3 is 7.12 Å². The van der Waals surface area contributed by atoms with Crippen LogP contribution in [0.4, 0.5) is 0 Å². The molecule has 0 amide bonds. The number of aryl methyl sites for hydroxylation is 3. The topological polar surface area (TPSA) is 45.5 Å². The monoisotopic (exact) mass is 426 g/mol. The summed E-state index contributed by atoms with van der Waals surface area (Å²) in [7, 11) is 3.37. The second kappa shape index (κ2) is 8.63. The van der Waals surface area contributed by atoms with Crippen LogP contribution in [-0.4, -0.2) is 35.0 Å². The third-order valence-electron chi connectivity index (χ3n) is 7.08. The number of rotatable bonds is 8. The molecule has 1 aromatic carbocycles.